The lowest BCUT2D eigenvalue weighted by atomic mass is 9.75. The second-order valence-corrected chi connectivity index (χ2v) is 5.53. The van der Waals surface area contributed by atoms with Gasteiger partial charge in [0, 0.05) is 18.1 Å². The first-order valence-corrected chi connectivity index (χ1v) is 6.63. The Morgan fingerprint density at radius 3 is 2.19 bits per heavy atom. The Morgan fingerprint density at radius 1 is 1.25 bits per heavy atom. The summed E-state index contributed by atoms with van der Waals surface area (Å²) in [4.78, 5) is 4.94. The van der Waals surface area contributed by atoms with Crippen LogP contribution in [-0.2, 0) is 0 Å². The van der Waals surface area contributed by atoms with Crippen molar-refractivity contribution in [3.63, 3.8) is 0 Å². The fourth-order valence-corrected chi connectivity index (χ4v) is 2.85. The van der Waals surface area contributed by atoms with Crippen LogP contribution in [0.1, 0.15) is 39.0 Å². The monoisotopic (exact) mass is 227 g/mol. The number of rotatable bonds is 7. The molecule has 3 nitrogen and oxygen atoms in total. The van der Waals surface area contributed by atoms with E-state index in [4.69, 9.17) is 5.73 Å². The molecule has 96 valence electrons. The smallest absolute Gasteiger partial charge is 0.0330 e. The van der Waals surface area contributed by atoms with Crippen LogP contribution in [0.2, 0.25) is 0 Å². The van der Waals surface area contributed by atoms with Gasteiger partial charge < -0.3 is 15.5 Å². The largest absolute Gasteiger partial charge is 0.330 e. The molecular formula is C13H29N3. The van der Waals surface area contributed by atoms with E-state index in [9.17, 15) is 0 Å². The minimum absolute atomic E-state index is 0.441. The Balaban J connectivity index is 2.50. The molecule has 1 rings (SSSR count). The van der Waals surface area contributed by atoms with E-state index in [2.05, 4.69) is 37.9 Å². The molecule has 16 heavy (non-hydrogen) atoms. The number of nitrogens with zero attached hydrogens (tertiary/aromatic N) is 2. The summed E-state index contributed by atoms with van der Waals surface area (Å²) in [7, 11) is 6.70. The van der Waals surface area contributed by atoms with Gasteiger partial charge in [-0.1, -0.05) is 6.92 Å². The van der Waals surface area contributed by atoms with Crippen molar-refractivity contribution in [2.24, 2.45) is 5.73 Å². The normalized spacial score (nSPS) is 21.2. The summed E-state index contributed by atoms with van der Waals surface area (Å²) >= 11 is 0. The quantitative estimate of drug-likeness (QED) is 0.716. The molecule has 0 aliphatic heterocycles. The van der Waals surface area contributed by atoms with Crippen molar-refractivity contribution in [3.8, 4) is 0 Å². The summed E-state index contributed by atoms with van der Waals surface area (Å²) in [6.45, 7) is 4.26. The number of hydrogen-bond acceptors (Lipinski definition) is 3. The molecule has 0 radical (unpaired) electrons. The summed E-state index contributed by atoms with van der Waals surface area (Å²) < 4.78 is 0. The van der Waals surface area contributed by atoms with Gasteiger partial charge in [0.25, 0.3) is 0 Å². The van der Waals surface area contributed by atoms with E-state index in [0.29, 0.717) is 11.6 Å². The zero-order valence-corrected chi connectivity index (χ0v) is 11.5. The van der Waals surface area contributed by atoms with Crippen molar-refractivity contribution < 1.29 is 0 Å². The first kappa shape index (κ1) is 13.9. The molecule has 1 atom stereocenters. The lowest BCUT2D eigenvalue weighted by Gasteiger charge is -2.50. The fourth-order valence-electron chi connectivity index (χ4n) is 2.85. The van der Waals surface area contributed by atoms with Crippen LogP contribution in [0.5, 0.6) is 0 Å². The molecule has 0 saturated heterocycles. The molecule has 1 aliphatic carbocycles. The molecule has 0 amide bonds. The molecule has 0 aromatic carbocycles. The van der Waals surface area contributed by atoms with Gasteiger partial charge >= 0.3 is 0 Å². The highest BCUT2D eigenvalue weighted by molar-refractivity contribution is 4.98. The van der Waals surface area contributed by atoms with E-state index in [1.54, 1.807) is 0 Å². The van der Waals surface area contributed by atoms with Crippen LogP contribution in [-0.4, -0.2) is 55.6 Å². The van der Waals surface area contributed by atoms with Gasteiger partial charge in [-0.25, -0.2) is 0 Å². The Kier molecular flexibility index (Phi) is 5.22. The molecule has 1 unspecified atom stereocenters. The van der Waals surface area contributed by atoms with Crippen LogP contribution in [0.4, 0.5) is 0 Å². The van der Waals surface area contributed by atoms with Crippen LogP contribution in [0, 0.1) is 0 Å². The van der Waals surface area contributed by atoms with Gasteiger partial charge in [-0.05, 0) is 59.8 Å². The van der Waals surface area contributed by atoms with E-state index < -0.39 is 0 Å². The van der Waals surface area contributed by atoms with E-state index in [1.807, 2.05) is 0 Å². The predicted molar refractivity (Wildman–Crippen MR) is 70.6 cm³/mol. The van der Waals surface area contributed by atoms with Gasteiger partial charge in [0.15, 0.2) is 0 Å². The van der Waals surface area contributed by atoms with Gasteiger partial charge in [0.1, 0.15) is 0 Å². The Morgan fingerprint density at radius 2 is 1.88 bits per heavy atom. The topological polar surface area (TPSA) is 32.5 Å². The van der Waals surface area contributed by atoms with Crippen molar-refractivity contribution in [2.45, 2.75) is 50.6 Å². The van der Waals surface area contributed by atoms with Crippen molar-refractivity contribution in [1.29, 1.82) is 0 Å². The Hall–Kier alpha value is -0.120. The SMILES string of the molecule is CCC(CCN)N(C)CC1(N(C)C)CCC1. The first-order valence-electron chi connectivity index (χ1n) is 6.63. The van der Waals surface area contributed by atoms with E-state index in [1.165, 1.54) is 32.2 Å². The van der Waals surface area contributed by atoms with Gasteiger partial charge in [-0.3, -0.25) is 0 Å². The summed E-state index contributed by atoms with van der Waals surface area (Å²) in [5, 5.41) is 0. The van der Waals surface area contributed by atoms with Crippen LogP contribution in [0.25, 0.3) is 0 Å². The second kappa shape index (κ2) is 5.99. The minimum atomic E-state index is 0.441. The molecule has 3 heteroatoms. The maximum atomic E-state index is 5.68. The lowest BCUT2D eigenvalue weighted by molar-refractivity contribution is 0.0148. The highest BCUT2D eigenvalue weighted by Crippen LogP contribution is 2.37. The molecule has 0 aromatic rings. The fraction of sp³-hybridized carbons (Fsp3) is 1.00. The lowest BCUT2D eigenvalue weighted by Crippen LogP contribution is -2.58. The van der Waals surface area contributed by atoms with E-state index in [0.717, 1.165) is 13.0 Å². The second-order valence-electron chi connectivity index (χ2n) is 5.53. The number of nitrogens with two attached hydrogens (primary N) is 1. The summed E-state index contributed by atoms with van der Waals surface area (Å²) in [5.74, 6) is 0. The van der Waals surface area contributed by atoms with Crippen molar-refractivity contribution in [1.82, 2.24) is 9.80 Å². The van der Waals surface area contributed by atoms with Gasteiger partial charge in [-0.15, -0.1) is 0 Å². The van der Waals surface area contributed by atoms with Crippen LogP contribution in [0.3, 0.4) is 0 Å². The highest BCUT2D eigenvalue weighted by Gasteiger charge is 2.40. The Labute approximate surface area is 101 Å². The molecule has 1 saturated carbocycles. The standard InChI is InChI=1S/C13H29N3/c1-5-12(7-10-14)16(4)11-13(15(2)3)8-6-9-13/h12H,5-11,14H2,1-4H3. The average molecular weight is 227 g/mol. The molecule has 0 aromatic heterocycles. The van der Waals surface area contributed by atoms with E-state index >= 15 is 0 Å². The third kappa shape index (κ3) is 2.96. The molecular weight excluding hydrogens is 198 g/mol. The molecule has 0 spiro atoms. The van der Waals surface area contributed by atoms with Crippen molar-refractivity contribution >= 4 is 0 Å². The molecule has 0 heterocycles. The number of hydrogen-bond donors (Lipinski definition) is 1. The van der Waals surface area contributed by atoms with Crippen molar-refractivity contribution in [3.05, 3.63) is 0 Å². The third-order valence-corrected chi connectivity index (χ3v) is 4.37. The van der Waals surface area contributed by atoms with Gasteiger partial charge in [-0.2, -0.15) is 0 Å². The Bertz CT molecular complexity index is 199. The summed E-state index contributed by atoms with van der Waals surface area (Å²) in [5.41, 5.74) is 6.12. The predicted octanol–water partition coefficient (Wildman–Crippen LogP) is 1.53. The molecule has 0 bridgehead atoms. The number of likely N-dealkylation sites (N-methyl/N-ethyl adjacent to an activating group) is 2. The summed E-state index contributed by atoms with van der Waals surface area (Å²) in [6.07, 6.45) is 6.42. The third-order valence-electron chi connectivity index (χ3n) is 4.37. The van der Waals surface area contributed by atoms with Gasteiger partial charge in [0.2, 0.25) is 0 Å². The van der Waals surface area contributed by atoms with Crippen LogP contribution in [0.15, 0.2) is 0 Å². The molecule has 2 N–H and O–H groups in total. The van der Waals surface area contributed by atoms with Gasteiger partial charge in [0.05, 0.1) is 0 Å². The minimum Gasteiger partial charge on any atom is -0.330 e. The zero-order valence-electron chi connectivity index (χ0n) is 11.5. The highest BCUT2D eigenvalue weighted by atomic mass is 15.2. The zero-order chi connectivity index (χ0) is 12.2. The average Bonchev–Trinajstić information content (AvgIpc) is 2.18. The molecule has 1 fully saturated rings. The van der Waals surface area contributed by atoms with Crippen molar-refractivity contribution in [2.75, 3.05) is 34.2 Å². The maximum Gasteiger partial charge on any atom is 0.0330 e. The van der Waals surface area contributed by atoms with Crippen LogP contribution < -0.4 is 5.73 Å². The summed E-state index contributed by atoms with van der Waals surface area (Å²) in [6, 6.07) is 0.655. The van der Waals surface area contributed by atoms with E-state index in [-0.39, 0.29) is 0 Å². The maximum absolute atomic E-state index is 5.68. The first-order chi connectivity index (χ1) is 7.55. The van der Waals surface area contributed by atoms with Crippen LogP contribution >= 0.6 is 0 Å². The molecule has 1 aliphatic rings.